The Morgan fingerprint density at radius 3 is 0.909 bits per heavy atom. The van der Waals surface area contributed by atoms with Crippen molar-refractivity contribution in [3.05, 3.63) is 194 Å². The third-order valence-electron chi connectivity index (χ3n) is 13.6. The molecule has 1 N–H and O–H groups in total. The highest BCUT2D eigenvalue weighted by Gasteiger charge is 2.27. The van der Waals surface area contributed by atoms with Crippen LogP contribution in [0.5, 0.6) is 0 Å². The van der Waals surface area contributed by atoms with Crippen LogP contribution in [0.3, 0.4) is 0 Å². The average Bonchev–Trinajstić information content (AvgIpc) is 3.58. The van der Waals surface area contributed by atoms with Gasteiger partial charge >= 0.3 is 19.8 Å². The minimum Gasteiger partial charge on any atom is -0.462 e. The van der Waals surface area contributed by atoms with Crippen molar-refractivity contribution in [2.24, 2.45) is 0 Å². The number of hydrogen-bond acceptors (Lipinski definition) is 7. The molecule has 0 spiro atoms. The molecule has 0 aliphatic heterocycles. The van der Waals surface area contributed by atoms with Crippen molar-refractivity contribution in [2.75, 3.05) is 47.5 Å². The molecule has 0 saturated heterocycles. The predicted octanol–water partition coefficient (Wildman–Crippen LogP) is 22.5. The normalized spacial score (nSPS) is 14.4. The van der Waals surface area contributed by atoms with Gasteiger partial charge in [-0.1, -0.05) is 272 Å². The van der Waals surface area contributed by atoms with Crippen molar-refractivity contribution in [2.45, 2.75) is 238 Å². The van der Waals surface area contributed by atoms with Gasteiger partial charge in [0, 0.05) is 12.8 Å². The van der Waals surface area contributed by atoms with E-state index in [9.17, 15) is 19.0 Å². The Bertz CT molecular complexity index is 2190. The molecule has 10 heteroatoms. The van der Waals surface area contributed by atoms with Gasteiger partial charge in [-0.05, 0) is 141 Å². The van der Waals surface area contributed by atoms with Crippen molar-refractivity contribution in [1.82, 2.24) is 0 Å². The van der Waals surface area contributed by atoms with Crippen LogP contribution in [0.25, 0.3) is 0 Å². The molecule has 9 nitrogen and oxygen atoms in total. The molecule has 0 aliphatic rings. The zero-order chi connectivity index (χ0) is 64.1. The fourth-order valence-corrected chi connectivity index (χ4v) is 9.20. The van der Waals surface area contributed by atoms with Gasteiger partial charge in [-0.3, -0.25) is 18.6 Å². The zero-order valence-electron chi connectivity index (χ0n) is 56.1. The molecule has 0 aromatic heterocycles. The topological polar surface area (TPSA) is 108 Å². The van der Waals surface area contributed by atoms with Crippen LogP contribution >= 0.6 is 7.82 Å². The van der Waals surface area contributed by atoms with E-state index in [2.05, 4.69) is 208 Å². The van der Waals surface area contributed by atoms with Crippen LogP contribution in [0.1, 0.15) is 232 Å². The molecule has 0 aromatic rings. The number of phosphoric ester groups is 1. The molecule has 0 radical (unpaired) electrons. The van der Waals surface area contributed by atoms with Crippen LogP contribution in [-0.4, -0.2) is 74.9 Å². The Labute approximate surface area is 539 Å². The van der Waals surface area contributed by atoms with E-state index in [0.29, 0.717) is 17.4 Å². The summed E-state index contributed by atoms with van der Waals surface area (Å²) in [5.41, 5.74) is 0. The number of nitrogens with zero attached hydrogens (tertiary/aromatic N) is 1. The lowest BCUT2D eigenvalue weighted by molar-refractivity contribution is -0.870. The molecule has 0 saturated carbocycles. The second-order valence-electron chi connectivity index (χ2n) is 23.1. The minimum absolute atomic E-state index is 0.0149. The lowest BCUT2D eigenvalue weighted by Crippen LogP contribution is -2.37. The first-order chi connectivity index (χ1) is 43.0. The number of ether oxygens (including phenoxy) is 2. The number of allylic oxidation sites excluding steroid dienone is 32. The lowest BCUT2D eigenvalue weighted by atomic mass is 10.1. The first-order valence-electron chi connectivity index (χ1n) is 34.2. The van der Waals surface area contributed by atoms with Crippen LogP contribution in [-0.2, 0) is 32.7 Å². The maximum Gasteiger partial charge on any atom is 0.472 e. The van der Waals surface area contributed by atoms with Crippen LogP contribution in [0.15, 0.2) is 194 Å². The van der Waals surface area contributed by atoms with E-state index in [1.807, 2.05) is 21.1 Å². The predicted molar refractivity (Wildman–Crippen MR) is 380 cm³/mol. The maximum absolute atomic E-state index is 12.9. The quantitative estimate of drug-likeness (QED) is 0.0211. The third-order valence-corrected chi connectivity index (χ3v) is 14.6. The van der Waals surface area contributed by atoms with Gasteiger partial charge < -0.3 is 18.9 Å². The molecule has 494 valence electrons. The molecule has 0 fully saturated rings. The van der Waals surface area contributed by atoms with E-state index < -0.39 is 26.5 Å². The molecule has 0 heterocycles. The maximum atomic E-state index is 12.9. The van der Waals surface area contributed by atoms with Crippen molar-refractivity contribution in [3.63, 3.8) is 0 Å². The Hall–Kier alpha value is -5.15. The summed E-state index contributed by atoms with van der Waals surface area (Å²) < 4.78 is 34.6. The largest absolute Gasteiger partial charge is 0.472 e. The Balaban J connectivity index is 4.21. The van der Waals surface area contributed by atoms with Crippen molar-refractivity contribution >= 4 is 19.8 Å². The van der Waals surface area contributed by atoms with E-state index in [4.69, 9.17) is 18.5 Å². The Kier molecular flexibility index (Phi) is 62.4. The molecule has 0 rings (SSSR count). The summed E-state index contributed by atoms with van der Waals surface area (Å²) in [7, 11) is 1.43. The Morgan fingerprint density at radius 1 is 0.352 bits per heavy atom. The summed E-state index contributed by atoms with van der Waals surface area (Å²) in [5.74, 6) is -0.845. The van der Waals surface area contributed by atoms with Crippen LogP contribution in [0.2, 0.25) is 0 Å². The van der Waals surface area contributed by atoms with Crippen molar-refractivity contribution < 1.29 is 42.1 Å². The number of carbonyl (C=O) groups excluding carboxylic acids is 2. The first-order valence-corrected chi connectivity index (χ1v) is 35.7. The van der Waals surface area contributed by atoms with Gasteiger partial charge in [-0.25, -0.2) is 4.57 Å². The Morgan fingerprint density at radius 2 is 0.614 bits per heavy atom. The van der Waals surface area contributed by atoms with Gasteiger partial charge in [0.25, 0.3) is 0 Å². The monoisotopic (exact) mass is 1230 g/mol. The number of unbranched alkanes of at least 4 members (excludes halogenated alkanes) is 14. The third kappa shape index (κ3) is 69.9. The van der Waals surface area contributed by atoms with Gasteiger partial charge in [0.15, 0.2) is 6.10 Å². The summed E-state index contributed by atoms with van der Waals surface area (Å²) in [5, 5.41) is 0. The van der Waals surface area contributed by atoms with Crippen LogP contribution < -0.4 is 0 Å². The standard InChI is InChI=1S/C78H124NO8P/c1-6-8-10-12-14-16-18-20-22-24-26-28-30-31-32-33-34-35-36-37-38-39-40-41-42-43-44-45-46-47-49-51-53-55-57-59-61-63-65-67-69-71-78(81)87-76(75-86-88(82,83)85-73-72-79(3,4)5)74-84-77(80)70-68-66-64-62-60-58-56-54-52-50-48-29-27-25-23-21-19-17-15-13-11-9-7-2/h8-11,14-17,20-23,26-29,31-32,34-35,37-38,40-41,43-44,46-47,51,53,57,59,76H,6-7,12-13,18-19,24-25,30,33,36,39,42,45,48-50,52,54-56,58,60-75H2,1-5H3/p+1/b10-8-,11-9-,16-14-,17-15-,22-20-,23-21-,28-26-,29-27-,32-31-,35-34-,38-37-,41-40-,44-43-,47-46-,53-51-,59-57-. The van der Waals surface area contributed by atoms with Crippen LogP contribution in [0, 0.1) is 0 Å². The highest BCUT2D eigenvalue weighted by molar-refractivity contribution is 7.47. The highest BCUT2D eigenvalue weighted by Crippen LogP contribution is 2.43. The van der Waals surface area contributed by atoms with Gasteiger partial charge in [-0.15, -0.1) is 0 Å². The molecule has 0 aliphatic carbocycles. The zero-order valence-corrected chi connectivity index (χ0v) is 57.0. The van der Waals surface area contributed by atoms with Crippen LogP contribution in [0.4, 0.5) is 0 Å². The number of carbonyl (C=O) groups is 2. The molecule has 0 amide bonds. The van der Waals surface area contributed by atoms with Crippen molar-refractivity contribution in [1.29, 1.82) is 0 Å². The summed E-state index contributed by atoms with van der Waals surface area (Å²) in [6.07, 6.45) is 104. The molecule has 0 bridgehead atoms. The SMILES string of the molecule is CC/C=C\C/C=C\C/C=C\C/C=C\C/C=C\C/C=C\C/C=C\C/C=C\C/C=C\C/C=C\C/C=C\C/C=C\CCCCCCC(=O)OC(COC(=O)CCCCCCCCCCCC/C=C\C/C=C\C/C=C\C/C=C\CC)COP(=O)(O)OCC[N+](C)(C)C. The van der Waals surface area contributed by atoms with E-state index in [1.54, 1.807) is 0 Å². The summed E-state index contributed by atoms with van der Waals surface area (Å²) in [6.45, 7) is 4.15. The second-order valence-corrected chi connectivity index (χ2v) is 24.5. The van der Waals surface area contributed by atoms with E-state index >= 15 is 0 Å². The summed E-state index contributed by atoms with van der Waals surface area (Å²) in [6, 6.07) is 0. The van der Waals surface area contributed by atoms with E-state index in [-0.39, 0.29) is 32.0 Å². The fourth-order valence-electron chi connectivity index (χ4n) is 8.46. The molecular weight excluding hydrogens is 1110 g/mol. The van der Waals surface area contributed by atoms with Gasteiger partial charge in [0.2, 0.25) is 0 Å². The molecule has 88 heavy (non-hydrogen) atoms. The van der Waals surface area contributed by atoms with E-state index in [1.165, 1.54) is 38.5 Å². The number of hydrogen-bond donors (Lipinski definition) is 1. The lowest BCUT2D eigenvalue weighted by Gasteiger charge is -2.24. The number of esters is 2. The number of quaternary nitrogens is 1. The number of likely N-dealkylation sites (N-methyl/N-ethyl adjacent to an activating group) is 1. The van der Waals surface area contributed by atoms with Crippen molar-refractivity contribution in [3.8, 4) is 0 Å². The smallest absolute Gasteiger partial charge is 0.462 e. The molecular formula is C78H125NO8P+. The summed E-state index contributed by atoms with van der Waals surface area (Å²) in [4.78, 5) is 35.8. The second kappa shape index (κ2) is 66.3. The number of phosphoric acid groups is 1. The van der Waals surface area contributed by atoms with Gasteiger partial charge in [0.05, 0.1) is 27.7 Å². The highest BCUT2D eigenvalue weighted by atomic mass is 31.2. The van der Waals surface area contributed by atoms with E-state index in [0.717, 1.165) is 161 Å². The minimum atomic E-state index is -4.41. The summed E-state index contributed by atoms with van der Waals surface area (Å²) >= 11 is 0. The molecule has 2 atom stereocenters. The fraction of sp³-hybridized carbons (Fsp3) is 0.564. The van der Waals surface area contributed by atoms with Gasteiger partial charge in [-0.2, -0.15) is 0 Å². The number of rotatable bonds is 60. The average molecular weight is 1240 g/mol. The van der Waals surface area contributed by atoms with Gasteiger partial charge in [0.1, 0.15) is 19.8 Å². The molecule has 2 unspecified atom stereocenters. The molecule has 0 aromatic carbocycles. The first kappa shape index (κ1) is 82.8.